The molecule has 0 spiro atoms. The van der Waals surface area contributed by atoms with Crippen LogP contribution in [0.4, 0.5) is 0 Å². The van der Waals surface area contributed by atoms with E-state index < -0.39 is 0 Å². The smallest absolute Gasteiger partial charge is 0.0534 e. The second-order valence-corrected chi connectivity index (χ2v) is 6.63. The number of likely N-dealkylation sites (tertiary alicyclic amines) is 1. The zero-order valence-electron chi connectivity index (χ0n) is 13.6. The molecule has 2 heterocycles. The molecule has 22 heavy (non-hydrogen) atoms. The van der Waals surface area contributed by atoms with Crippen LogP contribution in [0.5, 0.6) is 0 Å². The van der Waals surface area contributed by atoms with Gasteiger partial charge in [0.15, 0.2) is 0 Å². The van der Waals surface area contributed by atoms with E-state index in [-0.39, 0.29) is 5.54 Å². The van der Waals surface area contributed by atoms with Crippen molar-refractivity contribution in [3.8, 4) is 0 Å². The van der Waals surface area contributed by atoms with Crippen LogP contribution in [0.1, 0.15) is 30.9 Å². The van der Waals surface area contributed by atoms with E-state index in [1.54, 1.807) is 0 Å². The maximum absolute atomic E-state index is 4.22. The highest BCUT2D eigenvalue weighted by Crippen LogP contribution is 2.30. The van der Waals surface area contributed by atoms with E-state index in [2.05, 4.69) is 58.8 Å². The maximum Gasteiger partial charge on any atom is 0.0534 e. The van der Waals surface area contributed by atoms with E-state index in [0.29, 0.717) is 0 Å². The first-order valence-corrected chi connectivity index (χ1v) is 8.13. The van der Waals surface area contributed by atoms with Crippen molar-refractivity contribution in [1.29, 1.82) is 0 Å². The van der Waals surface area contributed by atoms with Crippen molar-refractivity contribution in [1.82, 2.24) is 20.0 Å². The first-order valence-electron chi connectivity index (χ1n) is 8.13. The summed E-state index contributed by atoms with van der Waals surface area (Å²) in [5.74, 6) is 0. The molecule has 2 aromatic rings. The number of benzene rings is 1. The third kappa shape index (κ3) is 3.57. The van der Waals surface area contributed by atoms with Crippen LogP contribution in [0.25, 0.3) is 0 Å². The number of nitrogens with one attached hydrogen (secondary N) is 1. The highest BCUT2D eigenvalue weighted by molar-refractivity contribution is 5.15. The van der Waals surface area contributed by atoms with E-state index >= 15 is 0 Å². The second-order valence-electron chi connectivity index (χ2n) is 6.63. The lowest BCUT2D eigenvalue weighted by atomic mass is 9.98. The van der Waals surface area contributed by atoms with Gasteiger partial charge in [0.1, 0.15) is 0 Å². The Labute approximate surface area is 133 Å². The van der Waals surface area contributed by atoms with E-state index in [4.69, 9.17) is 0 Å². The quantitative estimate of drug-likeness (QED) is 0.890. The SMILES string of the molecule is Cn1cc(CNC[C@]2(C)CCCN2Cc2ccccc2)cn1. The van der Waals surface area contributed by atoms with Crippen LogP contribution in [0.3, 0.4) is 0 Å². The standard InChI is InChI=1S/C18H26N4/c1-18(15-19-11-17-12-20-21(2)13-17)9-6-10-22(18)14-16-7-4-3-5-8-16/h3-5,7-8,12-13,19H,6,9-11,14-15H2,1-2H3/t18-/m0/s1. The predicted molar refractivity (Wildman–Crippen MR) is 89.4 cm³/mol. The van der Waals surface area contributed by atoms with Crippen LogP contribution in [-0.2, 0) is 20.1 Å². The van der Waals surface area contributed by atoms with Crippen molar-refractivity contribution in [3.05, 3.63) is 53.9 Å². The summed E-state index contributed by atoms with van der Waals surface area (Å²) < 4.78 is 1.86. The van der Waals surface area contributed by atoms with E-state index in [1.165, 1.54) is 30.5 Å². The van der Waals surface area contributed by atoms with Crippen LogP contribution in [-0.4, -0.2) is 33.3 Å². The lowest BCUT2D eigenvalue weighted by Crippen LogP contribution is -2.48. The third-order valence-corrected chi connectivity index (χ3v) is 4.72. The topological polar surface area (TPSA) is 33.1 Å². The molecule has 1 N–H and O–H groups in total. The van der Waals surface area contributed by atoms with Gasteiger partial charge in [0.25, 0.3) is 0 Å². The molecule has 1 atom stereocenters. The molecule has 1 aliphatic rings. The average Bonchev–Trinajstić information content (AvgIpc) is 3.08. The predicted octanol–water partition coefficient (Wildman–Crippen LogP) is 2.56. The van der Waals surface area contributed by atoms with Crippen LogP contribution in [0, 0.1) is 0 Å². The number of aryl methyl sites for hydroxylation is 1. The van der Waals surface area contributed by atoms with Crippen molar-refractivity contribution in [2.75, 3.05) is 13.1 Å². The molecular weight excluding hydrogens is 272 g/mol. The summed E-state index contributed by atoms with van der Waals surface area (Å²) in [5, 5.41) is 7.84. The van der Waals surface area contributed by atoms with Gasteiger partial charge in [-0.3, -0.25) is 9.58 Å². The molecule has 0 unspecified atom stereocenters. The van der Waals surface area contributed by atoms with Crippen molar-refractivity contribution >= 4 is 0 Å². The largest absolute Gasteiger partial charge is 0.311 e. The van der Waals surface area contributed by atoms with Gasteiger partial charge in [-0.25, -0.2) is 0 Å². The second kappa shape index (κ2) is 6.63. The minimum Gasteiger partial charge on any atom is -0.311 e. The summed E-state index contributed by atoms with van der Waals surface area (Å²) in [5.41, 5.74) is 2.90. The summed E-state index contributed by atoms with van der Waals surface area (Å²) >= 11 is 0. The van der Waals surface area contributed by atoms with Crippen molar-refractivity contribution in [2.45, 2.75) is 38.4 Å². The molecule has 0 bridgehead atoms. The molecule has 0 radical (unpaired) electrons. The first-order chi connectivity index (χ1) is 10.7. The van der Waals surface area contributed by atoms with Crippen molar-refractivity contribution in [3.63, 3.8) is 0 Å². The van der Waals surface area contributed by atoms with E-state index in [0.717, 1.165) is 19.6 Å². The van der Waals surface area contributed by atoms with Gasteiger partial charge in [-0.1, -0.05) is 30.3 Å². The summed E-state index contributed by atoms with van der Waals surface area (Å²) in [6, 6.07) is 10.8. The molecular formula is C18H26N4. The summed E-state index contributed by atoms with van der Waals surface area (Å²) in [6.45, 7) is 6.54. The number of nitrogens with zero attached hydrogens (tertiary/aromatic N) is 3. The highest BCUT2D eigenvalue weighted by atomic mass is 15.2. The monoisotopic (exact) mass is 298 g/mol. The Morgan fingerprint density at radius 1 is 1.23 bits per heavy atom. The molecule has 1 saturated heterocycles. The minimum atomic E-state index is 0.248. The molecule has 3 rings (SSSR count). The zero-order valence-corrected chi connectivity index (χ0v) is 13.6. The molecule has 0 amide bonds. The number of hydrogen-bond acceptors (Lipinski definition) is 3. The number of aromatic nitrogens is 2. The average molecular weight is 298 g/mol. The normalized spacial score (nSPS) is 22.3. The van der Waals surface area contributed by atoms with Crippen LogP contribution in [0.15, 0.2) is 42.7 Å². The third-order valence-electron chi connectivity index (χ3n) is 4.72. The Balaban J connectivity index is 1.56. The van der Waals surface area contributed by atoms with Gasteiger partial charge in [-0.05, 0) is 31.9 Å². The molecule has 1 aromatic carbocycles. The van der Waals surface area contributed by atoms with Crippen molar-refractivity contribution < 1.29 is 0 Å². The number of rotatable bonds is 6. The minimum absolute atomic E-state index is 0.248. The van der Waals surface area contributed by atoms with Crippen LogP contribution >= 0.6 is 0 Å². The molecule has 4 heteroatoms. The molecule has 118 valence electrons. The van der Waals surface area contributed by atoms with Gasteiger partial charge in [0.2, 0.25) is 0 Å². The first kappa shape index (κ1) is 15.3. The van der Waals surface area contributed by atoms with Gasteiger partial charge in [-0.2, -0.15) is 5.10 Å². The fraction of sp³-hybridized carbons (Fsp3) is 0.500. The van der Waals surface area contributed by atoms with Gasteiger partial charge < -0.3 is 5.32 Å². The zero-order chi connectivity index (χ0) is 15.4. The van der Waals surface area contributed by atoms with Crippen LogP contribution in [0.2, 0.25) is 0 Å². The fourth-order valence-corrected chi connectivity index (χ4v) is 3.39. The molecule has 1 fully saturated rings. The van der Waals surface area contributed by atoms with Gasteiger partial charge >= 0.3 is 0 Å². The van der Waals surface area contributed by atoms with Gasteiger partial charge in [-0.15, -0.1) is 0 Å². The Bertz CT molecular complexity index is 592. The Hall–Kier alpha value is -1.65. The van der Waals surface area contributed by atoms with E-state index in [9.17, 15) is 0 Å². The Morgan fingerprint density at radius 3 is 2.77 bits per heavy atom. The maximum atomic E-state index is 4.22. The van der Waals surface area contributed by atoms with Gasteiger partial charge in [0.05, 0.1) is 6.20 Å². The molecule has 4 nitrogen and oxygen atoms in total. The Kier molecular flexibility index (Phi) is 4.60. The molecule has 0 aliphatic carbocycles. The highest BCUT2D eigenvalue weighted by Gasteiger charge is 2.35. The fourth-order valence-electron chi connectivity index (χ4n) is 3.39. The molecule has 1 aliphatic heterocycles. The molecule has 0 saturated carbocycles. The summed E-state index contributed by atoms with van der Waals surface area (Å²) in [4.78, 5) is 2.62. The van der Waals surface area contributed by atoms with E-state index in [1.807, 2.05) is 17.9 Å². The lowest BCUT2D eigenvalue weighted by molar-refractivity contribution is 0.144. The van der Waals surface area contributed by atoms with Gasteiger partial charge in [0, 0.05) is 44.0 Å². The van der Waals surface area contributed by atoms with Crippen LogP contribution < -0.4 is 5.32 Å². The summed E-state index contributed by atoms with van der Waals surface area (Å²) in [6.07, 6.45) is 6.56. The molecule has 1 aromatic heterocycles. The number of hydrogen-bond donors (Lipinski definition) is 1. The Morgan fingerprint density at radius 2 is 2.05 bits per heavy atom. The lowest BCUT2D eigenvalue weighted by Gasteiger charge is -2.35. The van der Waals surface area contributed by atoms with Crippen molar-refractivity contribution in [2.24, 2.45) is 7.05 Å². The summed E-state index contributed by atoms with van der Waals surface area (Å²) in [7, 11) is 1.96.